The van der Waals surface area contributed by atoms with Crippen LogP contribution in [-0.2, 0) is 0 Å². The van der Waals surface area contributed by atoms with E-state index in [1.807, 2.05) is 0 Å². The van der Waals surface area contributed by atoms with Crippen molar-refractivity contribution in [1.82, 2.24) is 0 Å². The molecule has 0 spiro atoms. The number of anilines is 1. The quantitative estimate of drug-likeness (QED) is 0.811. The lowest BCUT2D eigenvalue weighted by molar-refractivity contribution is -0.274. The van der Waals surface area contributed by atoms with Crippen molar-refractivity contribution in [2.45, 2.75) is 6.36 Å². The van der Waals surface area contributed by atoms with Crippen LogP contribution in [0.5, 0.6) is 5.75 Å². The Labute approximate surface area is 99.3 Å². The third-order valence-electron chi connectivity index (χ3n) is 1.44. The van der Waals surface area contributed by atoms with Gasteiger partial charge in [0.15, 0.2) is 10.9 Å². The molecule has 16 heavy (non-hydrogen) atoms. The first-order valence-corrected chi connectivity index (χ1v) is 4.69. The van der Waals surface area contributed by atoms with Crippen molar-refractivity contribution in [3.05, 3.63) is 23.2 Å². The van der Waals surface area contributed by atoms with E-state index in [0.29, 0.717) is 0 Å². The number of nitrogens with one attached hydrogen (secondary N) is 1. The van der Waals surface area contributed by atoms with Crippen molar-refractivity contribution >= 4 is 34.6 Å². The number of halogens is 4. The molecule has 0 aliphatic rings. The summed E-state index contributed by atoms with van der Waals surface area (Å²) in [7, 11) is 0. The number of rotatable bonds is 2. The number of thiocarbonyl (C=S) groups is 1. The Morgan fingerprint density at radius 2 is 2.06 bits per heavy atom. The lowest BCUT2D eigenvalue weighted by atomic mass is 10.3. The molecule has 0 amide bonds. The first-order valence-electron chi connectivity index (χ1n) is 3.90. The van der Waals surface area contributed by atoms with Crippen molar-refractivity contribution in [3.63, 3.8) is 0 Å². The van der Waals surface area contributed by atoms with Gasteiger partial charge in [0.05, 0.1) is 10.7 Å². The molecule has 8 heteroatoms. The van der Waals surface area contributed by atoms with Crippen molar-refractivity contribution in [1.29, 1.82) is 0 Å². The molecule has 1 aromatic carbocycles. The van der Waals surface area contributed by atoms with Crippen LogP contribution in [0.25, 0.3) is 0 Å². The maximum Gasteiger partial charge on any atom is 0.573 e. The fraction of sp³-hybridized carbons (Fsp3) is 0.125. The van der Waals surface area contributed by atoms with Crippen LogP contribution >= 0.6 is 23.8 Å². The minimum atomic E-state index is -4.84. The summed E-state index contributed by atoms with van der Waals surface area (Å²) in [6, 6.07) is 4.01. The van der Waals surface area contributed by atoms with E-state index in [-0.39, 0.29) is 15.8 Å². The average Bonchev–Trinajstić information content (AvgIpc) is 2.08. The predicted molar refractivity (Wildman–Crippen MR) is 58.5 cm³/mol. The topological polar surface area (TPSA) is 47.3 Å². The summed E-state index contributed by atoms with van der Waals surface area (Å²) >= 11 is 10.1. The smallest absolute Gasteiger partial charge is 0.402 e. The molecular formula is C8H6ClF3N2OS. The highest BCUT2D eigenvalue weighted by atomic mass is 35.5. The Hall–Kier alpha value is -1.21. The van der Waals surface area contributed by atoms with Gasteiger partial charge in [-0.05, 0) is 24.4 Å². The van der Waals surface area contributed by atoms with Gasteiger partial charge in [0.1, 0.15) is 0 Å². The van der Waals surface area contributed by atoms with Gasteiger partial charge in [-0.15, -0.1) is 13.2 Å². The first-order chi connectivity index (χ1) is 7.29. The molecule has 0 bridgehead atoms. The fourth-order valence-corrected chi connectivity index (χ4v) is 1.28. The SMILES string of the molecule is NC(=S)Nc1cccc(Cl)c1OC(F)(F)F. The second-order valence-electron chi connectivity index (χ2n) is 2.65. The molecular weight excluding hydrogens is 265 g/mol. The van der Waals surface area contributed by atoms with E-state index >= 15 is 0 Å². The zero-order chi connectivity index (χ0) is 12.3. The highest BCUT2D eigenvalue weighted by Gasteiger charge is 2.33. The number of hydrogen-bond acceptors (Lipinski definition) is 2. The molecule has 0 fully saturated rings. The first kappa shape index (κ1) is 12.9. The van der Waals surface area contributed by atoms with Gasteiger partial charge in [0.2, 0.25) is 0 Å². The number of para-hydroxylation sites is 1. The standard InChI is InChI=1S/C8H6ClF3N2OS/c9-4-2-1-3-5(14-7(13)16)6(4)15-8(10,11)12/h1-3H,(H3,13,14,16). The molecule has 0 radical (unpaired) electrons. The Balaban J connectivity index is 3.08. The van der Waals surface area contributed by atoms with Crippen LogP contribution in [-0.4, -0.2) is 11.5 Å². The summed E-state index contributed by atoms with van der Waals surface area (Å²) < 4.78 is 40.0. The summed E-state index contributed by atoms with van der Waals surface area (Å²) in [5.74, 6) is -0.565. The molecule has 0 aliphatic carbocycles. The summed E-state index contributed by atoms with van der Waals surface area (Å²) in [5, 5.41) is 1.95. The molecule has 1 rings (SSSR count). The van der Waals surface area contributed by atoms with Crippen LogP contribution in [0.15, 0.2) is 18.2 Å². The van der Waals surface area contributed by atoms with Gasteiger partial charge < -0.3 is 15.8 Å². The maximum atomic E-state index is 12.1. The van der Waals surface area contributed by atoms with E-state index in [2.05, 4.69) is 22.3 Å². The van der Waals surface area contributed by atoms with Crippen LogP contribution < -0.4 is 15.8 Å². The van der Waals surface area contributed by atoms with Gasteiger partial charge >= 0.3 is 6.36 Å². The zero-order valence-electron chi connectivity index (χ0n) is 7.64. The highest BCUT2D eigenvalue weighted by molar-refractivity contribution is 7.80. The molecule has 0 saturated carbocycles. The van der Waals surface area contributed by atoms with Crippen molar-refractivity contribution in [3.8, 4) is 5.75 Å². The number of alkyl halides is 3. The Morgan fingerprint density at radius 1 is 1.44 bits per heavy atom. The average molecular weight is 271 g/mol. The minimum absolute atomic E-state index is 0.0441. The van der Waals surface area contributed by atoms with Crippen LogP contribution in [0.1, 0.15) is 0 Å². The molecule has 0 heterocycles. The van der Waals surface area contributed by atoms with E-state index in [0.717, 1.165) is 0 Å². The molecule has 3 N–H and O–H groups in total. The molecule has 0 aromatic heterocycles. The number of ether oxygens (including phenoxy) is 1. The molecule has 88 valence electrons. The van der Waals surface area contributed by atoms with Crippen molar-refractivity contribution in [2.75, 3.05) is 5.32 Å². The fourth-order valence-electron chi connectivity index (χ4n) is 0.959. The van der Waals surface area contributed by atoms with Gasteiger partial charge in [-0.25, -0.2) is 0 Å². The minimum Gasteiger partial charge on any atom is -0.402 e. The second kappa shape index (κ2) is 4.75. The summed E-state index contributed by atoms with van der Waals surface area (Å²) in [6.45, 7) is 0. The number of benzene rings is 1. The van der Waals surface area contributed by atoms with E-state index in [1.165, 1.54) is 18.2 Å². The monoisotopic (exact) mass is 270 g/mol. The summed E-state index contributed by atoms with van der Waals surface area (Å²) in [5.41, 5.74) is 5.10. The van der Waals surface area contributed by atoms with Gasteiger partial charge in [0, 0.05) is 0 Å². The maximum absolute atomic E-state index is 12.1. The van der Waals surface area contributed by atoms with Gasteiger partial charge in [-0.1, -0.05) is 17.7 Å². The van der Waals surface area contributed by atoms with Crippen molar-refractivity contribution < 1.29 is 17.9 Å². The lowest BCUT2D eigenvalue weighted by Gasteiger charge is -2.14. The molecule has 0 aliphatic heterocycles. The van der Waals surface area contributed by atoms with E-state index in [1.54, 1.807) is 0 Å². The molecule has 0 atom stereocenters. The Bertz CT molecular complexity index is 411. The van der Waals surface area contributed by atoms with Crippen LogP contribution in [0.4, 0.5) is 18.9 Å². The van der Waals surface area contributed by atoms with Crippen molar-refractivity contribution in [2.24, 2.45) is 5.73 Å². The third-order valence-corrected chi connectivity index (χ3v) is 1.84. The highest BCUT2D eigenvalue weighted by Crippen LogP contribution is 2.36. The Kier molecular flexibility index (Phi) is 3.82. The zero-order valence-corrected chi connectivity index (χ0v) is 9.21. The molecule has 0 saturated heterocycles. The van der Waals surface area contributed by atoms with Gasteiger partial charge in [0.25, 0.3) is 0 Å². The number of hydrogen-bond donors (Lipinski definition) is 2. The van der Waals surface area contributed by atoms with Gasteiger partial charge in [-0.3, -0.25) is 0 Å². The largest absolute Gasteiger partial charge is 0.573 e. The molecule has 3 nitrogen and oxygen atoms in total. The number of nitrogens with two attached hydrogens (primary N) is 1. The Morgan fingerprint density at radius 3 is 2.56 bits per heavy atom. The lowest BCUT2D eigenvalue weighted by Crippen LogP contribution is -2.22. The normalized spacial score (nSPS) is 11.0. The van der Waals surface area contributed by atoms with E-state index in [9.17, 15) is 13.2 Å². The van der Waals surface area contributed by atoms with Gasteiger partial charge in [-0.2, -0.15) is 0 Å². The van der Waals surface area contributed by atoms with E-state index < -0.39 is 12.1 Å². The van der Waals surface area contributed by atoms with Crippen LogP contribution in [0, 0.1) is 0 Å². The predicted octanol–water partition coefficient (Wildman–Crippen LogP) is 2.89. The molecule has 0 unspecified atom stereocenters. The van der Waals surface area contributed by atoms with Crippen LogP contribution in [0.2, 0.25) is 5.02 Å². The summed E-state index contributed by atoms with van der Waals surface area (Å²) in [6.07, 6.45) is -4.84. The summed E-state index contributed by atoms with van der Waals surface area (Å²) in [4.78, 5) is 0. The third kappa shape index (κ3) is 3.74. The molecule has 1 aromatic rings. The van der Waals surface area contributed by atoms with Crippen LogP contribution in [0.3, 0.4) is 0 Å². The second-order valence-corrected chi connectivity index (χ2v) is 3.50. The van der Waals surface area contributed by atoms with E-state index in [4.69, 9.17) is 17.3 Å².